The highest BCUT2D eigenvalue weighted by atomic mass is 35.5. The molecule has 0 atom stereocenters. The Morgan fingerprint density at radius 2 is 2.04 bits per heavy atom. The maximum Gasteiger partial charge on any atom is 0.325 e. The zero-order valence-electron chi connectivity index (χ0n) is 13.3. The lowest BCUT2D eigenvalue weighted by Gasteiger charge is -2.34. The van der Waals surface area contributed by atoms with E-state index in [1.165, 1.54) is 12.0 Å². The van der Waals surface area contributed by atoms with Crippen LogP contribution in [0.3, 0.4) is 0 Å². The van der Waals surface area contributed by atoms with Crippen molar-refractivity contribution < 1.29 is 19.1 Å². The van der Waals surface area contributed by atoms with Crippen LogP contribution in [0.15, 0.2) is 18.2 Å². The van der Waals surface area contributed by atoms with E-state index in [4.69, 9.17) is 27.9 Å². The van der Waals surface area contributed by atoms with E-state index in [1.54, 1.807) is 13.1 Å². The standard InChI is InChI=1S/C8H14N2O4.C7H6Cl2/c1-10(6-4-14-5-6)8(12)9-3-7(11)13-2;1-5-2-3-6(8)4-7(5)9/h6H,3-5H2,1-2H3,(H,9,12);2-4H,1H3. The zero-order valence-corrected chi connectivity index (χ0v) is 14.8. The molecule has 2 amide bonds. The molecular weight excluding hydrogens is 343 g/mol. The minimum Gasteiger partial charge on any atom is -0.468 e. The van der Waals surface area contributed by atoms with Crippen molar-refractivity contribution in [3.8, 4) is 0 Å². The van der Waals surface area contributed by atoms with Gasteiger partial charge in [0, 0.05) is 17.1 Å². The summed E-state index contributed by atoms with van der Waals surface area (Å²) in [5.74, 6) is -0.461. The number of aryl methyl sites for hydroxylation is 1. The Bertz CT molecular complexity index is 550. The Morgan fingerprint density at radius 3 is 2.48 bits per heavy atom. The van der Waals surface area contributed by atoms with E-state index in [9.17, 15) is 9.59 Å². The Kier molecular flexibility index (Phi) is 8.16. The summed E-state index contributed by atoms with van der Waals surface area (Å²) in [6.07, 6.45) is 0. The number of benzene rings is 1. The first-order valence-electron chi connectivity index (χ1n) is 6.92. The fraction of sp³-hybridized carbons (Fsp3) is 0.467. The third-order valence-corrected chi connectivity index (χ3v) is 3.88. The molecule has 1 N–H and O–H groups in total. The number of methoxy groups -OCH3 is 1. The first-order valence-corrected chi connectivity index (χ1v) is 7.67. The average Bonchev–Trinajstić information content (AvgIpc) is 2.47. The second kappa shape index (κ2) is 9.60. The summed E-state index contributed by atoms with van der Waals surface area (Å²) in [6.45, 7) is 2.95. The lowest BCUT2D eigenvalue weighted by Crippen LogP contribution is -2.53. The van der Waals surface area contributed by atoms with E-state index in [1.807, 2.05) is 19.1 Å². The van der Waals surface area contributed by atoms with E-state index in [-0.39, 0.29) is 18.6 Å². The van der Waals surface area contributed by atoms with E-state index in [0.29, 0.717) is 18.2 Å². The van der Waals surface area contributed by atoms with E-state index >= 15 is 0 Å². The lowest BCUT2D eigenvalue weighted by molar-refractivity contribution is -0.139. The number of urea groups is 1. The van der Waals surface area contributed by atoms with Crippen molar-refractivity contribution in [3.05, 3.63) is 33.8 Å². The highest BCUT2D eigenvalue weighted by molar-refractivity contribution is 6.35. The van der Waals surface area contributed by atoms with E-state index in [0.717, 1.165) is 10.6 Å². The number of carbonyl (C=O) groups excluding carboxylic acids is 2. The summed E-state index contributed by atoms with van der Waals surface area (Å²) >= 11 is 11.4. The number of likely N-dealkylation sites (N-methyl/N-ethyl adjacent to an activating group) is 1. The second-order valence-electron chi connectivity index (χ2n) is 4.93. The number of hydrogen-bond donors (Lipinski definition) is 1. The smallest absolute Gasteiger partial charge is 0.325 e. The molecule has 0 aliphatic carbocycles. The molecule has 0 aromatic heterocycles. The molecule has 0 spiro atoms. The van der Waals surface area contributed by atoms with Crippen LogP contribution in [-0.2, 0) is 14.3 Å². The molecule has 128 valence electrons. The van der Waals surface area contributed by atoms with Crippen molar-refractivity contribution >= 4 is 35.2 Å². The largest absolute Gasteiger partial charge is 0.468 e. The Morgan fingerprint density at radius 1 is 1.39 bits per heavy atom. The minimum atomic E-state index is -0.461. The molecule has 1 aromatic rings. The summed E-state index contributed by atoms with van der Waals surface area (Å²) in [5.41, 5.74) is 1.06. The number of carbonyl (C=O) groups is 2. The normalized spacial score (nSPS) is 13.3. The average molecular weight is 363 g/mol. The number of hydrogen-bond acceptors (Lipinski definition) is 4. The third-order valence-electron chi connectivity index (χ3n) is 3.23. The molecule has 0 unspecified atom stereocenters. The maximum absolute atomic E-state index is 11.3. The van der Waals surface area contributed by atoms with Crippen LogP contribution < -0.4 is 5.32 Å². The Balaban J connectivity index is 0.000000253. The molecule has 0 bridgehead atoms. The summed E-state index contributed by atoms with van der Waals surface area (Å²) in [5, 5.41) is 3.85. The van der Waals surface area contributed by atoms with Gasteiger partial charge in [-0.05, 0) is 24.6 Å². The van der Waals surface area contributed by atoms with Crippen LogP contribution in [0.25, 0.3) is 0 Å². The number of halogens is 2. The number of amides is 2. The number of esters is 1. The first kappa shape index (κ1) is 19.5. The topological polar surface area (TPSA) is 67.9 Å². The predicted octanol–water partition coefficient (Wildman–Crippen LogP) is 2.50. The molecule has 6 nitrogen and oxygen atoms in total. The number of rotatable bonds is 3. The first-order chi connectivity index (χ1) is 10.8. The van der Waals surface area contributed by atoms with Crippen molar-refractivity contribution in [2.24, 2.45) is 0 Å². The van der Waals surface area contributed by atoms with Gasteiger partial charge in [-0.25, -0.2) is 4.79 Å². The lowest BCUT2D eigenvalue weighted by atomic mass is 10.2. The van der Waals surface area contributed by atoms with Crippen LogP contribution in [0.1, 0.15) is 5.56 Å². The summed E-state index contributed by atoms with van der Waals surface area (Å²) in [6, 6.07) is 5.28. The van der Waals surface area contributed by atoms with Crippen LogP contribution in [-0.4, -0.2) is 56.9 Å². The van der Waals surface area contributed by atoms with Gasteiger partial charge in [-0.15, -0.1) is 0 Å². The number of ether oxygens (including phenoxy) is 2. The van der Waals surface area contributed by atoms with E-state index < -0.39 is 5.97 Å². The van der Waals surface area contributed by atoms with Crippen LogP contribution in [0.4, 0.5) is 4.79 Å². The van der Waals surface area contributed by atoms with Crippen molar-refractivity contribution in [1.82, 2.24) is 10.2 Å². The highest BCUT2D eigenvalue weighted by Crippen LogP contribution is 2.19. The van der Waals surface area contributed by atoms with Gasteiger partial charge in [-0.1, -0.05) is 29.3 Å². The molecule has 0 radical (unpaired) electrons. The quantitative estimate of drug-likeness (QED) is 0.838. The summed E-state index contributed by atoms with van der Waals surface area (Å²) < 4.78 is 9.32. The molecule has 1 saturated heterocycles. The molecule has 1 aromatic carbocycles. The van der Waals surface area contributed by atoms with E-state index in [2.05, 4.69) is 10.1 Å². The second-order valence-corrected chi connectivity index (χ2v) is 5.77. The maximum atomic E-state index is 11.3. The minimum absolute atomic E-state index is 0.104. The highest BCUT2D eigenvalue weighted by Gasteiger charge is 2.26. The van der Waals surface area contributed by atoms with Gasteiger partial charge in [-0.2, -0.15) is 0 Å². The molecule has 0 saturated carbocycles. The van der Waals surface area contributed by atoms with Gasteiger partial charge >= 0.3 is 12.0 Å². The van der Waals surface area contributed by atoms with Crippen molar-refractivity contribution in [2.75, 3.05) is 33.9 Å². The molecule has 1 aliphatic rings. The molecule has 23 heavy (non-hydrogen) atoms. The van der Waals surface area contributed by atoms with Gasteiger partial charge < -0.3 is 19.7 Å². The van der Waals surface area contributed by atoms with Crippen LogP contribution in [0.2, 0.25) is 10.0 Å². The third kappa shape index (κ3) is 6.64. The Hall–Kier alpha value is -1.50. The molecule has 2 rings (SSSR count). The number of nitrogens with one attached hydrogen (secondary N) is 1. The molecule has 1 heterocycles. The van der Waals surface area contributed by atoms with Crippen LogP contribution in [0, 0.1) is 6.92 Å². The predicted molar refractivity (Wildman–Crippen MR) is 89.0 cm³/mol. The van der Waals surface area contributed by atoms with Gasteiger partial charge in [0.1, 0.15) is 6.54 Å². The van der Waals surface area contributed by atoms with Gasteiger partial charge in [0.25, 0.3) is 0 Å². The molecule has 1 fully saturated rings. The van der Waals surface area contributed by atoms with Crippen molar-refractivity contribution in [3.63, 3.8) is 0 Å². The van der Waals surface area contributed by atoms with Gasteiger partial charge in [0.15, 0.2) is 0 Å². The van der Waals surface area contributed by atoms with Crippen LogP contribution in [0.5, 0.6) is 0 Å². The summed E-state index contributed by atoms with van der Waals surface area (Å²) in [7, 11) is 2.94. The number of nitrogens with zero attached hydrogens (tertiary/aromatic N) is 1. The van der Waals surface area contributed by atoms with Crippen LogP contribution >= 0.6 is 23.2 Å². The van der Waals surface area contributed by atoms with Gasteiger partial charge in [0.05, 0.1) is 26.4 Å². The molecule has 1 aliphatic heterocycles. The van der Waals surface area contributed by atoms with Gasteiger partial charge in [0.2, 0.25) is 0 Å². The summed E-state index contributed by atoms with van der Waals surface area (Å²) in [4.78, 5) is 23.6. The van der Waals surface area contributed by atoms with Crippen molar-refractivity contribution in [1.29, 1.82) is 0 Å². The monoisotopic (exact) mass is 362 g/mol. The SMILES string of the molecule is COC(=O)CNC(=O)N(C)C1COC1.Cc1ccc(Cl)cc1Cl. The van der Waals surface area contributed by atoms with Crippen molar-refractivity contribution in [2.45, 2.75) is 13.0 Å². The fourth-order valence-electron chi connectivity index (χ4n) is 1.52. The molecular formula is C15H20Cl2N2O4. The van der Waals surface area contributed by atoms with Gasteiger partial charge in [-0.3, -0.25) is 4.79 Å². The zero-order chi connectivity index (χ0) is 17.4. The fourth-order valence-corrected chi connectivity index (χ4v) is 1.93. The molecule has 8 heteroatoms. The Labute approximate surface area is 145 Å².